The number of guanidine groups is 1. The van der Waals surface area contributed by atoms with Gasteiger partial charge in [-0.3, -0.25) is 14.7 Å². The van der Waals surface area contributed by atoms with Crippen LogP contribution in [0.5, 0.6) is 0 Å². The molecule has 0 saturated carbocycles. The predicted octanol–water partition coefficient (Wildman–Crippen LogP) is 1.64. The van der Waals surface area contributed by atoms with Gasteiger partial charge in [0.25, 0.3) is 0 Å². The Balaban J connectivity index is 4.51. The predicted molar refractivity (Wildman–Crippen MR) is 94.7 cm³/mol. The Morgan fingerprint density at radius 3 is 2.20 bits per heavy atom. The van der Waals surface area contributed by atoms with Crippen molar-refractivity contribution in [1.29, 1.82) is 0 Å². The minimum absolute atomic E-state index is 0.0167. The molecule has 0 aliphatic rings. The number of carbonyl (C=O) groups excluding carboxylic acids is 1. The van der Waals surface area contributed by atoms with Crippen molar-refractivity contribution in [3.63, 3.8) is 0 Å². The average Bonchev–Trinajstić information content (AvgIpc) is 2.49. The van der Waals surface area contributed by atoms with Gasteiger partial charge in [-0.05, 0) is 40.8 Å². The molecule has 0 fully saturated rings. The highest BCUT2D eigenvalue weighted by Gasteiger charge is 2.28. The average molecular weight is 367 g/mol. The summed E-state index contributed by atoms with van der Waals surface area (Å²) in [5, 5.41) is 3.10. The molecule has 0 rings (SSSR count). The molecular weight excluding hydrogens is 335 g/mol. The molecule has 148 valence electrons. The normalized spacial score (nSPS) is 12.4. The summed E-state index contributed by atoms with van der Waals surface area (Å²) in [5.41, 5.74) is 0. The van der Waals surface area contributed by atoms with Crippen molar-refractivity contribution >= 4 is 11.9 Å². The molecule has 6 nitrogen and oxygen atoms in total. The summed E-state index contributed by atoms with van der Waals surface area (Å²) in [4.78, 5) is 21.3. The number of hydrogen-bond donors (Lipinski definition) is 1. The SMILES string of the molecule is CCNC(=NCCCN(C)CC(F)(F)F)N(C)CC(=O)N(CC)CC. The minimum atomic E-state index is -4.18. The van der Waals surface area contributed by atoms with E-state index in [2.05, 4.69) is 10.3 Å². The third kappa shape index (κ3) is 10.9. The number of likely N-dealkylation sites (N-methyl/N-ethyl adjacent to an activating group) is 2. The molecule has 0 aliphatic heterocycles. The number of nitrogens with zero attached hydrogens (tertiary/aromatic N) is 4. The number of amides is 1. The number of carbonyl (C=O) groups is 1. The van der Waals surface area contributed by atoms with Crippen molar-refractivity contribution < 1.29 is 18.0 Å². The Morgan fingerprint density at radius 1 is 1.12 bits per heavy atom. The van der Waals surface area contributed by atoms with E-state index in [0.29, 0.717) is 45.1 Å². The van der Waals surface area contributed by atoms with E-state index in [1.807, 2.05) is 20.8 Å². The first-order chi connectivity index (χ1) is 11.6. The van der Waals surface area contributed by atoms with Gasteiger partial charge in [0.05, 0.1) is 13.1 Å². The second-order valence-electron chi connectivity index (χ2n) is 5.86. The molecule has 0 bridgehead atoms. The molecule has 25 heavy (non-hydrogen) atoms. The molecule has 1 amide bonds. The van der Waals surface area contributed by atoms with Gasteiger partial charge in [0.15, 0.2) is 5.96 Å². The van der Waals surface area contributed by atoms with Crippen LogP contribution < -0.4 is 5.32 Å². The van der Waals surface area contributed by atoms with Gasteiger partial charge in [0, 0.05) is 33.2 Å². The molecule has 0 saturated heterocycles. The van der Waals surface area contributed by atoms with Gasteiger partial charge < -0.3 is 15.1 Å². The van der Waals surface area contributed by atoms with Crippen LogP contribution >= 0.6 is 0 Å². The summed E-state index contributed by atoms with van der Waals surface area (Å²) in [7, 11) is 3.22. The first kappa shape index (κ1) is 23.5. The van der Waals surface area contributed by atoms with E-state index in [1.54, 1.807) is 16.8 Å². The smallest absolute Gasteiger partial charge is 0.357 e. The van der Waals surface area contributed by atoms with Crippen molar-refractivity contribution in [1.82, 2.24) is 20.0 Å². The molecule has 0 aromatic heterocycles. The molecule has 0 aromatic carbocycles. The van der Waals surface area contributed by atoms with Gasteiger partial charge in [0.2, 0.25) is 5.91 Å². The third-order valence-corrected chi connectivity index (χ3v) is 3.59. The first-order valence-corrected chi connectivity index (χ1v) is 8.67. The van der Waals surface area contributed by atoms with Crippen LogP contribution in [-0.4, -0.2) is 92.7 Å². The summed E-state index contributed by atoms with van der Waals surface area (Å²) in [6.45, 7) is 7.74. The Morgan fingerprint density at radius 2 is 1.72 bits per heavy atom. The third-order valence-electron chi connectivity index (χ3n) is 3.59. The summed E-state index contributed by atoms with van der Waals surface area (Å²) < 4.78 is 36.8. The van der Waals surface area contributed by atoms with E-state index in [4.69, 9.17) is 0 Å². The highest BCUT2D eigenvalue weighted by molar-refractivity contribution is 5.86. The van der Waals surface area contributed by atoms with Gasteiger partial charge in [0.1, 0.15) is 0 Å². The zero-order chi connectivity index (χ0) is 19.5. The number of rotatable bonds is 10. The van der Waals surface area contributed by atoms with Crippen LogP contribution in [0, 0.1) is 0 Å². The molecule has 0 aromatic rings. The monoisotopic (exact) mass is 367 g/mol. The second-order valence-corrected chi connectivity index (χ2v) is 5.86. The lowest BCUT2D eigenvalue weighted by Gasteiger charge is -2.25. The lowest BCUT2D eigenvalue weighted by Crippen LogP contribution is -2.45. The van der Waals surface area contributed by atoms with Crippen LogP contribution in [0.4, 0.5) is 13.2 Å². The van der Waals surface area contributed by atoms with Crippen LogP contribution in [0.3, 0.4) is 0 Å². The van der Waals surface area contributed by atoms with Crippen molar-refractivity contribution in [2.45, 2.75) is 33.4 Å². The minimum Gasteiger partial charge on any atom is -0.357 e. The number of alkyl halides is 3. The Bertz CT molecular complexity index is 411. The molecule has 0 radical (unpaired) electrons. The summed E-state index contributed by atoms with van der Waals surface area (Å²) >= 11 is 0. The molecule has 1 N–H and O–H groups in total. The maximum Gasteiger partial charge on any atom is 0.401 e. The van der Waals surface area contributed by atoms with Crippen LogP contribution in [0.15, 0.2) is 4.99 Å². The zero-order valence-electron chi connectivity index (χ0n) is 16.0. The first-order valence-electron chi connectivity index (χ1n) is 8.67. The van der Waals surface area contributed by atoms with E-state index in [-0.39, 0.29) is 12.5 Å². The van der Waals surface area contributed by atoms with Crippen LogP contribution in [0.2, 0.25) is 0 Å². The fraction of sp³-hybridized carbons (Fsp3) is 0.875. The highest BCUT2D eigenvalue weighted by atomic mass is 19.4. The topological polar surface area (TPSA) is 51.2 Å². The summed E-state index contributed by atoms with van der Waals surface area (Å²) in [6, 6.07) is 0. The Labute approximate surface area is 149 Å². The van der Waals surface area contributed by atoms with E-state index < -0.39 is 12.7 Å². The summed E-state index contributed by atoms with van der Waals surface area (Å²) in [5.74, 6) is 0.601. The number of halogens is 3. The van der Waals surface area contributed by atoms with Gasteiger partial charge in [-0.25, -0.2) is 0 Å². The number of aliphatic imine (C=N–C) groups is 1. The number of nitrogens with one attached hydrogen (secondary N) is 1. The van der Waals surface area contributed by atoms with Gasteiger partial charge in [-0.1, -0.05) is 0 Å². The quantitative estimate of drug-likeness (QED) is 0.362. The maximum atomic E-state index is 12.3. The van der Waals surface area contributed by atoms with Gasteiger partial charge in [-0.15, -0.1) is 0 Å². The lowest BCUT2D eigenvalue weighted by molar-refractivity contribution is -0.143. The Hall–Kier alpha value is -1.51. The fourth-order valence-corrected chi connectivity index (χ4v) is 2.33. The van der Waals surface area contributed by atoms with Crippen molar-refractivity contribution in [2.24, 2.45) is 4.99 Å². The van der Waals surface area contributed by atoms with Gasteiger partial charge in [-0.2, -0.15) is 13.2 Å². The fourth-order valence-electron chi connectivity index (χ4n) is 2.33. The van der Waals surface area contributed by atoms with E-state index in [9.17, 15) is 18.0 Å². The maximum absolute atomic E-state index is 12.3. The van der Waals surface area contributed by atoms with Crippen LogP contribution in [0.25, 0.3) is 0 Å². The molecule has 0 atom stereocenters. The van der Waals surface area contributed by atoms with Gasteiger partial charge >= 0.3 is 6.18 Å². The Kier molecular flexibility index (Phi) is 11.2. The van der Waals surface area contributed by atoms with Crippen molar-refractivity contribution in [2.75, 3.05) is 59.9 Å². The molecule has 9 heteroatoms. The number of hydrogen-bond acceptors (Lipinski definition) is 3. The van der Waals surface area contributed by atoms with E-state index in [0.717, 1.165) is 0 Å². The molecule has 0 spiro atoms. The largest absolute Gasteiger partial charge is 0.401 e. The highest BCUT2D eigenvalue weighted by Crippen LogP contribution is 2.15. The standard InChI is InChI=1S/C16H32F3N5O/c1-6-20-15(23(5)12-14(25)24(7-2)8-3)21-10-9-11-22(4)13-16(17,18)19/h6-13H2,1-5H3,(H,20,21). The molecule has 0 heterocycles. The van der Waals surface area contributed by atoms with Crippen LogP contribution in [-0.2, 0) is 4.79 Å². The van der Waals surface area contributed by atoms with Crippen molar-refractivity contribution in [3.05, 3.63) is 0 Å². The van der Waals surface area contributed by atoms with Crippen LogP contribution in [0.1, 0.15) is 27.2 Å². The van der Waals surface area contributed by atoms with Crippen molar-refractivity contribution in [3.8, 4) is 0 Å². The lowest BCUT2D eigenvalue weighted by atomic mass is 10.4. The van der Waals surface area contributed by atoms with E-state index in [1.165, 1.54) is 11.9 Å². The molecule has 0 unspecified atom stereocenters. The van der Waals surface area contributed by atoms with E-state index >= 15 is 0 Å². The molecular formula is C16H32F3N5O. The zero-order valence-corrected chi connectivity index (χ0v) is 16.0. The second kappa shape index (κ2) is 11.9. The summed E-state index contributed by atoms with van der Waals surface area (Å²) in [6.07, 6.45) is -3.67. The molecule has 0 aliphatic carbocycles.